The monoisotopic (exact) mass is 974 g/mol. The number of H-pyrrole nitrogens is 2. The molecule has 17 heteroatoms. The highest BCUT2D eigenvalue weighted by Gasteiger charge is 2.15. The first-order valence-electron chi connectivity index (χ1n) is 20.4. The number of carboxylic acid groups (broad SMARTS) is 1. The summed E-state index contributed by atoms with van der Waals surface area (Å²) in [5.74, 6) is -2.03. The fourth-order valence-electron chi connectivity index (χ4n) is 7.31. The second-order valence-corrected chi connectivity index (χ2v) is 16.9. The topological polar surface area (TPSA) is 176 Å². The molecular weight excluding hydrogens is 940 g/mol. The summed E-state index contributed by atoms with van der Waals surface area (Å²) in [4.78, 5) is 46.6. The zero-order valence-corrected chi connectivity index (χ0v) is 38.0. The van der Waals surface area contributed by atoms with Gasteiger partial charge in [0.2, 0.25) is 0 Å². The van der Waals surface area contributed by atoms with Crippen LogP contribution in [0.25, 0.3) is 43.6 Å². The molecule has 0 radical (unpaired) electrons. The number of carboxylic acids is 1. The van der Waals surface area contributed by atoms with Crippen LogP contribution in [-0.4, -0.2) is 46.9 Å². The average Bonchev–Trinajstić information content (AvgIpc) is 3.91. The number of aromatic carboxylic acids is 1. The molecule has 0 saturated heterocycles. The summed E-state index contributed by atoms with van der Waals surface area (Å²) in [7, 11) is 0. The first-order valence-corrected chi connectivity index (χ1v) is 21.9. The van der Waals surface area contributed by atoms with E-state index < -0.39 is 11.8 Å². The van der Waals surface area contributed by atoms with Crippen LogP contribution in [0, 0.1) is 11.6 Å². The van der Waals surface area contributed by atoms with E-state index in [1.165, 1.54) is 18.5 Å². The van der Waals surface area contributed by atoms with Crippen molar-refractivity contribution in [3.63, 3.8) is 0 Å². The van der Waals surface area contributed by atoms with Gasteiger partial charge in [-0.05, 0) is 83.9 Å². The van der Waals surface area contributed by atoms with Crippen molar-refractivity contribution in [2.24, 2.45) is 5.73 Å². The Balaban J connectivity index is 0.000000152. The van der Waals surface area contributed by atoms with Crippen LogP contribution in [0.4, 0.5) is 8.78 Å². The molecule has 6 heterocycles. The Morgan fingerprint density at radius 2 is 1.10 bits per heavy atom. The maximum absolute atomic E-state index is 14.8. The number of rotatable bonds is 9. The van der Waals surface area contributed by atoms with E-state index in [-0.39, 0.29) is 30.4 Å². The normalized spacial score (nSPS) is 11.0. The predicted octanol–water partition coefficient (Wildman–Crippen LogP) is 12.1. The van der Waals surface area contributed by atoms with Gasteiger partial charge in [0.25, 0.3) is 5.91 Å². The van der Waals surface area contributed by atoms with Gasteiger partial charge in [0.05, 0.1) is 47.5 Å². The van der Waals surface area contributed by atoms with Crippen molar-refractivity contribution < 1.29 is 23.5 Å². The lowest BCUT2D eigenvalue weighted by atomic mass is 10.0. The number of halogens is 6. The molecule has 11 nitrogen and oxygen atoms in total. The largest absolute Gasteiger partial charge is 0.478 e. The van der Waals surface area contributed by atoms with E-state index in [1.807, 2.05) is 48.5 Å². The van der Waals surface area contributed by atoms with Gasteiger partial charge in [0.15, 0.2) is 0 Å². The van der Waals surface area contributed by atoms with E-state index in [0.29, 0.717) is 77.1 Å². The first-order chi connectivity index (χ1) is 32.3. The molecular formula is C50H36Cl4F2N8O3. The van der Waals surface area contributed by atoms with Gasteiger partial charge in [-0.15, -0.1) is 0 Å². The lowest BCUT2D eigenvalue weighted by Gasteiger charge is -2.09. The number of aromatic amines is 2. The highest BCUT2D eigenvalue weighted by Crippen LogP contribution is 2.29. The Labute approximate surface area is 400 Å². The van der Waals surface area contributed by atoms with Crippen molar-refractivity contribution in [2.75, 3.05) is 0 Å². The zero-order valence-electron chi connectivity index (χ0n) is 34.9. The second-order valence-electron chi connectivity index (χ2n) is 15.2. The van der Waals surface area contributed by atoms with Gasteiger partial charge in [-0.2, -0.15) is 0 Å². The molecule has 0 atom stereocenters. The smallest absolute Gasteiger partial charge is 0.335 e. The van der Waals surface area contributed by atoms with E-state index in [2.05, 4.69) is 35.2 Å². The molecule has 0 fully saturated rings. The van der Waals surface area contributed by atoms with Crippen LogP contribution in [0.5, 0.6) is 0 Å². The fraction of sp³-hybridized carbons (Fsp3) is 0.0800. The van der Waals surface area contributed by atoms with Gasteiger partial charge in [-0.25, -0.2) is 13.6 Å². The number of hydrogen-bond acceptors (Lipinski definition) is 7. The minimum absolute atomic E-state index is 0.0399. The Morgan fingerprint density at radius 1 is 0.612 bits per heavy atom. The average molecular weight is 977 g/mol. The highest BCUT2D eigenvalue weighted by molar-refractivity contribution is 6.36. The molecule has 67 heavy (non-hydrogen) atoms. The van der Waals surface area contributed by atoms with Gasteiger partial charge in [-0.1, -0.05) is 70.7 Å². The number of nitrogens with one attached hydrogen (secondary N) is 3. The third-order valence-electron chi connectivity index (χ3n) is 10.6. The molecule has 0 aliphatic carbocycles. The minimum Gasteiger partial charge on any atom is -0.478 e. The van der Waals surface area contributed by atoms with E-state index in [4.69, 9.17) is 57.2 Å². The summed E-state index contributed by atoms with van der Waals surface area (Å²) in [5, 5.41) is 16.3. The number of fused-ring (bicyclic) bond motifs is 4. The summed E-state index contributed by atoms with van der Waals surface area (Å²) >= 11 is 23.8. The van der Waals surface area contributed by atoms with Gasteiger partial charge < -0.3 is 26.1 Å². The summed E-state index contributed by atoms with van der Waals surface area (Å²) in [6.07, 6.45) is 10.5. The van der Waals surface area contributed by atoms with Crippen molar-refractivity contribution in [3.05, 3.63) is 211 Å². The standard InChI is InChI=1S/C25H17Cl2FN4O.C16H11ClN2O2.C9H8ClFN2/c26-18-9-17-7-14(1-3-21(17)30-12-18)8-19-10-15(5-6-29-19)25(33)32-11-16-2-4-22-23(24(16)28)20(27)13-31-22;17-13-7-12-5-10(1-2-15(12)19-9-13)6-14-8-11(16(20)21)3-4-18-14;10-6-4-13-7-2-1-5(3-12)9(11)8(6)7/h1-7,9-10,12-13,31H,8,11H2,(H,32,33);1-5,7-9H,6H2,(H,20,21);1-2,4,13H,3,12H2. The summed E-state index contributed by atoms with van der Waals surface area (Å²) < 4.78 is 28.4. The number of pyridine rings is 4. The number of carbonyl (C=O) groups is 2. The number of benzene rings is 4. The second kappa shape index (κ2) is 20.7. The number of carbonyl (C=O) groups excluding carboxylic acids is 1. The van der Waals surface area contributed by atoms with Crippen LogP contribution < -0.4 is 11.1 Å². The highest BCUT2D eigenvalue weighted by atomic mass is 35.5. The number of hydrogen-bond donors (Lipinski definition) is 5. The number of amides is 1. The van der Waals surface area contributed by atoms with Crippen LogP contribution >= 0.6 is 46.4 Å². The van der Waals surface area contributed by atoms with Crippen molar-refractivity contribution in [1.29, 1.82) is 0 Å². The fourth-order valence-corrected chi connectivity index (χ4v) is 8.13. The lowest BCUT2D eigenvalue weighted by Crippen LogP contribution is -2.23. The molecule has 1 amide bonds. The maximum Gasteiger partial charge on any atom is 0.335 e. The van der Waals surface area contributed by atoms with Crippen molar-refractivity contribution in [1.82, 2.24) is 35.2 Å². The predicted molar refractivity (Wildman–Crippen MR) is 260 cm³/mol. The van der Waals surface area contributed by atoms with Crippen molar-refractivity contribution in [2.45, 2.75) is 25.9 Å². The first kappa shape index (κ1) is 46.5. The third kappa shape index (κ3) is 11.0. The van der Waals surface area contributed by atoms with Crippen molar-refractivity contribution in [3.8, 4) is 0 Å². The molecule has 6 N–H and O–H groups in total. The molecule has 336 valence electrons. The van der Waals surface area contributed by atoms with E-state index in [0.717, 1.165) is 38.6 Å². The Kier molecular flexibility index (Phi) is 14.4. The van der Waals surface area contributed by atoms with E-state index in [9.17, 15) is 18.4 Å². The molecule has 10 rings (SSSR count). The number of aromatic nitrogens is 6. The Bertz CT molecular complexity index is 3470. The lowest BCUT2D eigenvalue weighted by molar-refractivity contribution is 0.0696. The number of nitrogens with two attached hydrogens (primary N) is 1. The summed E-state index contributed by atoms with van der Waals surface area (Å²) in [6.45, 7) is 0.224. The van der Waals surface area contributed by atoms with Crippen LogP contribution in [0.2, 0.25) is 20.1 Å². The quantitative estimate of drug-likeness (QED) is 0.0949. The van der Waals surface area contributed by atoms with Gasteiger partial charge in [-0.3, -0.25) is 24.7 Å². The molecule has 0 unspecified atom stereocenters. The van der Waals surface area contributed by atoms with Gasteiger partial charge >= 0.3 is 5.97 Å². The molecule has 0 aliphatic heterocycles. The molecule has 0 bridgehead atoms. The molecule has 0 spiro atoms. The van der Waals surface area contributed by atoms with Crippen LogP contribution in [0.15, 0.2) is 134 Å². The summed E-state index contributed by atoms with van der Waals surface area (Å²) in [5.41, 5.74) is 13.4. The maximum atomic E-state index is 14.8. The Hall–Kier alpha value is -7.00. The van der Waals surface area contributed by atoms with Crippen LogP contribution in [0.3, 0.4) is 0 Å². The summed E-state index contributed by atoms with van der Waals surface area (Å²) in [6, 6.07) is 28.7. The van der Waals surface area contributed by atoms with Crippen LogP contribution in [0.1, 0.15) is 54.4 Å². The molecule has 6 aromatic heterocycles. The van der Waals surface area contributed by atoms with E-state index in [1.54, 1.807) is 67.3 Å². The SMILES string of the molecule is NCc1ccc2[nH]cc(Cl)c2c1F.O=C(NCc1ccc2[nH]cc(Cl)c2c1F)c1ccnc(Cc2ccc3ncc(Cl)cc3c2)c1.O=C(O)c1ccnc(Cc2ccc3ncc(Cl)cc3c2)c1. The number of nitrogens with zero attached hydrogens (tertiary/aromatic N) is 4. The molecule has 0 saturated carbocycles. The molecule has 10 aromatic rings. The van der Waals surface area contributed by atoms with Crippen LogP contribution in [-0.2, 0) is 25.9 Å². The Morgan fingerprint density at radius 3 is 1.63 bits per heavy atom. The molecule has 0 aliphatic rings. The van der Waals surface area contributed by atoms with Gasteiger partial charge in [0, 0.05) is 113 Å². The minimum atomic E-state index is -0.951. The van der Waals surface area contributed by atoms with Gasteiger partial charge in [0.1, 0.15) is 11.6 Å². The zero-order chi connectivity index (χ0) is 47.2. The van der Waals surface area contributed by atoms with E-state index >= 15 is 0 Å². The molecule has 4 aromatic carbocycles. The third-order valence-corrected chi connectivity index (χ3v) is 11.6. The van der Waals surface area contributed by atoms with Crippen molar-refractivity contribution >= 4 is 102 Å².